The van der Waals surface area contributed by atoms with Crippen LogP contribution in [0.25, 0.3) is 21.7 Å². The van der Waals surface area contributed by atoms with Crippen molar-refractivity contribution in [1.29, 1.82) is 0 Å². The summed E-state index contributed by atoms with van der Waals surface area (Å²) in [7, 11) is 1.89. The molecular formula is C24H24FN5O2. The molecule has 0 bridgehead atoms. The first-order valence-corrected chi connectivity index (χ1v) is 10.7. The summed E-state index contributed by atoms with van der Waals surface area (Å²) in [6.07, 6.45) is 4.90. The van der Waals surface area contributed by atoms with Crippen LogP contribution in [-0.4, -0.2) is 44.4 Å². The zero-order valence-corrected chi connectivity index (χ0v) is 17.8. The number of hydrogen-bond acceptors (Lipinski definition) is 4. The van der Waals surface area contributed by atoms with Crippen molar-refractivity contribution in [3.8, 4) is 0 Å². The summed E-state index contributed by atoms with van der Waals surface area (Å²) in [4.78, 5) is 27.6. The molecule has 1 N–H and O–H groups in total. The Balaban J connectivity index is 1.48. The Bertz CT molecular complexity index is 1380. The number of nitrogens with one attached hydrogen (secondary N) is 1. The fourth-order valence-corrected chi connectivity index (χ4v) is 4.52. The largest absolute Gasteiger partial charge is 0.355 e. The maximum absolute atomic E-state index is 13.3. The van der Waals surface area contributed by atoms with E-state index in [-0.39, 0.29) is 24.1 Å². The van der Waals surface area contributed by atoms with Crippen molar-refractivity contribution in [3.63, 3.8) is 0 Å². The molecule has 4 aromatic rings. The number of carbonyl (C=O) groups is 1. The summed E-state index contributed by atoms with van der Waals surface area (Å²) in [5.41, 5.74) is 2.27. The van der Waals surface area contributed by atoms with E-state index >= 15 is 0 Å². The van der Waals surface area contributed by atoms with Crippen LogP contribution in [0.3, 0.4) is 0 Å². The lowest BCUT2D eigenvalue weighted by Gasteiger charge is -2.23. The molecule has 1 atom stereocenters. The average Bonchev–Trinajstić information content (AvgIpc) is 3.42. The predicted molar refractivity (Wildman–Crippen MR) is 123 cm³/mol. The SMILES string of the molecule is Cn1ncc2cc(Nc3cccc4ccn(CC(=O)N5CCC[C@H]5CF)c(=O)c34)ccc21. The smallest absolute Gasteiger partial charge is 0.261 e. The van der Waals surface area contributed by atoms with Crippen molar-refractivity contribution < 1.29 is 9.18 Å². The van der Waals surface area contributed by atoms with Gasteiger partial charge in [0.25, 0.3) is 5.56 Å². The van der Waals surface area contributed by atoms with Gasteiger partial charge in [0.1, 0.15) is 13.2 Å². The van der Waals surface area contributed by atoms with Crippen LogP contribution in [0.4, 0.5) is 15.8 Å². The number of pyridine rings is 1. The molecule has 0 saturated carbocycles. The molecule has 8 heteroatoms. The number of nitrogens with zero attached hydrogens (tertiary/aromatic N) is 4. The van der Waals surface area contributed by atoms with Crippen LogP contribution >= 0.6 is 0 Å². The molecule has 3 heterocycles. The number of halogens is 1. The minimum absolute atomic E-state index is 0.0960. The van der Waals surface area contributed by atoms with Gasteiger partial charge in [-0.3, -0.25) is 14.3 Å². The summed E-state index contributed by atoms with van der Waals surface area (Å²) >= 11 is 0. The van der Waals surface area contributed by atoms with Crippen LogP contribution in [0.15, 0.2) is 59.7 Å². The summed E-state index contributed by atoms with van der Waals surface area (Å²) < 4.78 is 16.4. The van der Waals surface area contributed by atoms with Crippen molar-refractivity contribution in [3.05, 3.63) is 65.2 Å². The Kier molecular flexibility index (Phi) is 5.13. The predicted octanol–water partition coefficient (Wildman–Crippen LogP) is 3.59. The van der Waals surface area contributed by atoms with E-state index in [9.17, 15) is 14.0 Å². The van der Waals surface area contributed by atoms with Crippen LogP contribution in [0.5, 0.6) is 0 Å². The highest BCUT2D eigenvalue weighted by Crippen LogP contribution is 2.26. The topological polar surface area (TPSA) is 72.2 Å². The van der Waals surface area contributed by atoms with Crippen LogP contribution in [0.2, 0.25) is 0 Å². The molecule has 32 heavy (non-hydrogen) atoms. The number of alkyl halides is 1. The Hall–Kier alpha value is -3.68. The molecule has 7 nitrogen and oxygen atoms in total. The first kappa shape index (κ1) is 20.2. The highest BCUT2D eigenvalue weighted by Gasteiger charge is 2.28. The van der Waals surface area contributed by atoms with Gasteiger partial charge >= 0.3 is 0 Å². The van der Waals surface area contributed by atoms with Gasteiger partial charge in [-0.1, -0.05) is 12.1 Å². The third-order valence-corrected chi connectivity index (χ3v) is 6.21. The molecule has 0 radical (unpaired) electrons. The van der Waals surface area contributed by atoms with Crippen LogP contribution in [0.1, 0.15) is 12.8 Å². The standard InChI is InChI=1S/C24H24FN5O2/c1-28-21-8-7-18(12-17(21)14-26-28)27-20-6-2-4-16-9-11-29(24(32)23(16)20)15-22(31)30-10-3-5-19(30)13-25/h2,4,6-9,11-12,14,19,27H,3,5,10,13,15H2,1H3/t19-/m0/s1. The molecule has 164 valence electrons. The van der Waals surface area contributed by atoms with Gasteiger partial charge in [0, 0.05) is 30.9 Å². The molecule has 1 saturated heterocycles. The Morgan fingerprint density at radius 3 is 2.94 bits per heavy atom. The Labute approximate surface area is 184 Å². The van der Waals surface area contributed by atoms with Gasteiger partial charge in [0.15, 0.2) is 0 Å². The van der Waals surface area contributed by atoms with E-state index in [0.717, 1.165) is 28.4 Å². The van der Waals surface area contributed by atoms with E-state index in [0.29, 0.717) is 24.0 Å². The molecule has 0 spiro atoms. The van der Waals surface area contributed by atoms with Gasteiger partial charge in [0.2, 0.25) is 5.91 Å². The molecular weight excluding hydrogens is 409 g/mol. The first-order chi connectivity index (χ1) is 15.5. The maximum atomic E-state index is 13.3. The van der Waals surface area contributed by atoms with Gasteiger partial charge in [-0.15, -0.1) is 0 Å². The first-order valence-electron chi connectivity index (χ1n) is 10.7. The molecule has 0 aliphatic carbocycles. The Morgan fingerprint density at radius 2 is 2.09 bits per heavy atom. The van der Waals surface area contributed by atoms with Crippen LogP contribution in [0, 0.1) is 0 Å². The number of amides is 1. The van der Waals surface area contributed by atoms with E-state index in [1.54, 1.807) is 22.0 Å². The van der Waals surface area contributed by atoms with E-state index in [4.69, 9.17) is 0 Å². The van der Waals surface area contributed by atoms with Crippen LogP contribution < -0.4 is 10.9 Å². The molecule has 2 aromatic heterocycles. The van der Waals surface area contributed by atoms with Crippen LogP contribution in [-0.2, 0) is 18.4 Å². The van der Waals surface area contributed by atoms with Crippen molar-refractivity contribution >= 4 is 39.0 Å². The minimum Gasteiger partial charge on any atom is -0.355 e. The number of likely N-dealkylation sites (tertiary alicyclic amines) is 1. The molecule has 2 aromatic carbocycles. The molecule has 1 fully saturated rings. The van der Waals surface area contributed by atoms with Gasteiger partial charge in [-0.05, 0) is 48.6 Å². The number of anilines is 2. The lowest BCUT2D eigenvalue weighted by atomic mass is 10.1. The molecule has 0 unspecified atom stereocenters. The molecule has 1 aliphatic rings. The second-order valence-corrected chi connectivity index (χ2v) is 8.22. The number of benzene rings is 2. The van der Waals surface area contributed by atoms with Crippen molar-refractivity contribution in [2.45, 2.75) is 25.4 Å². The van der Waals surface area contributed by atoms with Crippen molar-refractivity contribution in [2.75, 3.05) is 18.5 Å². The summed E-state index contributed by atoms with van der Waals surface area (Å²) in [5, 5.41) is 9.90. The van der Waals surface area contributed by atoms with Gasteiger partial charge in [0.05, 0.1) is 28.8 Å². The Morgan fingerprint density at radius 1 is 1.22 bits per heavy atom. The quantitative estimate of drug-likeness (QED) is 0.522. The van der Waals surface area contributed by atoms with E-state index < -0.39 is 6.67 Å². The van der Waals surface area contributed by atoms with Gasteiger partial charge in [-0.2, -0.15) is 5.10 Å². The summed E-state index contributed by atoms with van der Waals surface area (Å²) in [6.45, 7) is -0.103. The highest BCUT2D eigenvalue weighted by atomic mass is 19.1. The second-order valence-electron chi connectivity index (χ2n) is 8.22. The lowest BCUT2D eigenvalue weighted by Crippen LogP contribution is -2.40. The lowest BCUT2D eigenvalue weighted by molar-refractivity contribution is -0.133. The van der Waals surface area contributed by atoms with E-state index in [2.05, 4.69) is 10.4 Å². The van der Waals surface area contributed by atoms with E-state index in [1.807, 2.05) is 49.5 Å². The highest BCUT2D eigenvalue weighted by molar-refractivity contribution is 5.95. The third kappa shape index (κ3) is 3.51. The second kappa shape index (κ2) is 8.11. The molecule has 1 amide bonds. The summed E-state index contributed by atoms with van der Waals surface area (Å²) in [5.74, 6) is -0.223. The van der Waals surface area contributed by atoms with Gasteiger partial charge < -0.3 is 14.8 Å². The maximum Gasteiger partial charge on any atom is 0.261 e. The normalized spacial score (nSPS) is 16.2. The summed E-state index contributed by atoms with van der Waals surface area (Å²) in [6, 6.07) is 13.0. The van der Waals surface area contributed by atoms with E-state index in [1.165, 1.54) is 4.57 Å². The molecule has 5 rings (SSSR count). The number of fused-ring (bicyclic) bond motifs is 2. The van der Waals surface area contributed by atoms with Gasteiger partial charge in [-0.25, -0.2) is 4.39 Å². The number of hydrogen-bond donors (Lipinski definition) is 1. The zero-order chi connectivity index (χ0) is 22.2. The minimum atomic E-state index is -0.548. The number of rotatable bonds is 5. The zero-order valence-electron chi connectivity index (χ0n) is 17.8. The monoisotopic (exact) mass is 433 g/mol. The average molecular weight is 433 g/mol. The molecule has 1 aliphatic heterocycles. The number of aryl methyl sites for hydroxylation is 1. The fourth-order valence-electron chi connectivity index (χ4n) is 4.52. The van der Waals surface area contributed by atoms with Crippen molar-refractivity contribution in [2.24, 2.45) is 7.05 Å². The third-order valence-electron chi connectivity index (χ3n) is 6.21. The number of aromatic nitrogens is 3. The van der Waals surface area contributed by atoms with Crippen molar-refractivity contribution in [1.82, 2.24) is 19.2 Å². The number of carbonyl (C=O) groups excluding carboxylic acids is 1. The fraction of sp³-hybridized carbons (Fsp3) is 0.292.